The molecule has 1 saturated heterocycles. The van der Waals surface area contributed by atoms with E-state index in [4.69, 9.17) is 4.52 Å². The van der Waals surface area contributed by atoms with E-state index in [0.717, 1.165) is 30.5 Å². The number of likely N-dealkylation sites (tertiary alicyclic amines) is 1. The molecule has 1 N–H and O–H groups in total. The van der Waals surface area contributed by atoms with Crippen molar-refractivity contribution in [1.82, 2.24) is 15.4 Å². The maximum Gasteiger partial charge on any atom is 0.246 e. The lowest BCUT2D eigenvalue weighted by Crippen LogP contribution is -2.58. The third-order valence-electron chi connectivity index (χ3n) is 5.30. The Morgan fingerprint density at radius 3 is 2.77 bits per heavy atom. The molecule has 26 heavy (non-hydrogen) atoms. The fraction of sp³-hybridized carbons (Fsp3) is 0.450. The molecule has 1 aromatic heterocycles. The summed E-state index contributed by atoms with van der Waals surface area (Å²) < 4.78 is 5.54. The SMILES string of the molecule is CC(=O)N1CCC[C@]1(Cc1cc(-c2ccccc2)no1)C(=O)NC1CC1. The minimum absolute atomic E-state index is 0.0645. The van der Waals surface area contributed by atoms with Crippen LogP contribution in [0.2, 0.25) is 0 Å². The van der Waals surface area contributed by atoms with Crippen molar-refractivity contribution in [3.05, 3.63) is 42.2 Å². The summed E-state index contributed by atoms with van der Waals surface area (Å²) in [5, 5.41) is 7.24. The first-order valence-corrected chi connectivity index (χ1v) is 9.19. The monoisotopic (exact) mass is 353 g/mol. The van der Waals surface area contributed by atoms with Crippen LogP contribution in [0.25, 0.3) is 11.3 Å². The summed E-state index contributed by atoms with van der Waals surface area (Å²) in [4.78, 5) is 26.9. The maximum atomic E-state index is 13.0. The smallest absolute Gasteiger partial charge is 0.246 e. The van der Waals surface area contributed by atoms with Crippen LogP contribution in [-0.4, -0.2) is 40.0 Å². The largest absolute Gasteiger partial charge is 0.361 e. The zero-order valence-corrected chi connectivity index (χ0v) is 14.9. The van der Waals surface area contributed by atoms with Crippen LogP contribution in [0.4, 0.5) is 0 Å². The number of hydrogen-bond donors (Lipinski definition) is 1. The van der Waals surface area contributed by atoms with Crippen molar-refractivity contribution in [1.29, 1.82) is 0 Å². The highest BCUT2D eigenvalue weighted by molar-refractivity contribution is 5.92. The molecule has 2 fully saturated rings. The van der Waals surface area contributed by atoms with Crippen molar-refractivity contribution in [3.8, 4) is 11.3 Å². The van der Waals surface area contributed by atoms with E-state index < -0.39 is 5.54 Å². The van der Waals surface area contributed by atoms with E-state index in [-0.39, 0.29) is 17.9 Å². The molecule has 136 valence electrons. The normalized spacial score (nSPS) is 22.4. The van der Waals surface area contributed by atoms with E-state index >= 15 is 0 Å². The molecule has 2 aliphatic rings. The Morgan fingerprint density at radius 1 is 1.31 bits per heavy atom. The van der Waals surface area contributed by atoms with Crippen LogP contribution in [-0.2, 0) is 16.0 Å². The van der Waals surface area contributed by atoms with Gasteiger partial charge in [0.25, 0.3) is 0 Å². The van der Waals surface area contributed by atoms with Crippen LogP contribution < -0.4 is 5.32 Å². The van der Waals surface area contributed by atoms with Gasteiger partial charge in [-0.25, -0.2) is 0 Å². The molecule has 1 aliphatic carbocycles. The fourth-order valence-electron chi connectivity index (χ4n) is 3.81. The molecular formula is C20H23N3O3. The molecule has 1 aliphatic heterocycles. The van der Waals surface area contributed by atoms with Gasteiger partial charge in [-0.3, -0.25) is 9.59 Å². The Labute approximate surface area is 152 Å². The van der Waals surface area contributed by atoms with Crippen LogP contribution in [0.5, 0.6) is 0 Å². The van der Waals surface area contributed by atoms with Crippen molar-refractivity contribution in [2.75, 3.05) is 6.54 Å². The molecule has 2 aromatic rings. The Hall–Kier alpha value is -2.63. The summed E-state index contributed by atoms with van der Waals surface area (Å²) >= 11 is 0. The molecule has 2 amide bonds. The van der Waals surface area contributed by atoms with Crippen LogP contribution >= 0.6 is 0 Å². The number of hydrogen-bond acceptors (Lipinski definition) is 4. The third kappa shape index (κ3) is 3.11. The summed E-state index contributed by atoms with van der Waals surface area (Å²) in [6, 6.07) is 11.9. The average molecular weight is 353 g/mol. The molecule has 0 radical (unpaired) electrons. The van der Waals surface area contributed by atoms with Gasteiger partial charge in [0, 0.05) is 37.6 Å². The van der Waals surface area contributed by atoms with Crippen LogP contribution in [0.3, 0.4) is 0 Å². The number of nitrogens with one attached hydrogen (secondary N) is 1. The summed E-state index contributed by atoms with van der Waals surface area (Å²) in [5.74, 6) is 0.490. The molecule has 6 heteroatoms. The van der Waals surface area contributed by atoms with Crippen molar-refractivity contribution in [3.63, 3.8) is 0 Å². The molecular weight excluding hydrogens is 330 g/mol. The van der Waals surface area contributed by atoms with Gasteiger partial charge in [-0.1, -0.05) is 35.5 Å². The van der Waals surface area contributed by atoms with Crippen LogP contribution in [0.1, 0.15) is 38.4 Å². The van der Waals surface area contributed by atoms with Gasteiger partial charge < -0.3 is 14.7 Å². The molecule has 0 spiro atoms. The summed E-state index contributed by atoms with van der Waals surface area (Å²) in [5.41, 5.74) is 0.835. The average Bonchev–Trinajstić information content (AvgIpc) is 3.17. The van der Waals surface area contributed by atoms with E-state index in [1.54, 1.807) is 4.90 Å². The Morgan fingerprint density at radius 2 is 2.08 bits per heavy atom. The zero-order chi connectivity index (χ0) is 18.1. The molecule has 1 aromatic carbocycles. The Bertz CT molecular complexity index is 813. The van der Waals surface area contributed by atoms with Crippen LogP contribution in [0.15, 0.2) is 40.9 Å². The molecule has 1 saturated carbocycles. The predicted molar refractivity (Wildman–Crippen MR) is 96.2 cm³/mol. The molecule has 4 rings (SSSR count). The van der Waals surface area contributed by atoms with Gasteiger partial charge in [0.05, 0.1) is 0 Å². The molecule has 6 nitrogen and oxygen atoms in total. The Balaban J connectivity index is 1.62. The van der Waals surface area contributed by atoms with E-state index in [2.05, 4.69) is 10.5 Å². The number of benzene rings is 1. The number of aromatic nitrogens is 1. The lowest BCUT2D eigenvalue weighted by atomic mass is 9.89. The van der Waals surface area contributed by atoms with Gasteiger partial charge in [0.2, 0.25) is 11.8 Å². The number of amides is 2. The number of rotatable bonds is 5. The fourth-order valence-corrected chi connectivity index (χ4v) is 3.81. The van der Waals surface area contributed by atoms with E-state index in [0.29, 0.717) is 25.1 Å². The van der Waals surface area contributed by atoms with E-state index in [1.165, 1.54) is 6.92 Å². The minimum atomic E-state index is -0.873. The Kier molecular flexibility index (Phi) is 4.26. The van der Waals surface area contributed by atoms with Gasteiger partial charge >= 0.3 is 0 Å². The van der Waals surface area contributed by atoms with Crippen molar-refractivity contribution >= 4 is 11.8 Å². The molecule has 2 heterocycles. The molecule has 0 unspecified atom stereocenters. The first-order chi connectivity index (χ1) is 12.6. The molecule has 1 atom stereocenters. The number of nitrogens with zero attached hydrogens (tertiary/aromatic N) is 2. The lowest BCUT2D eigenvalue weighted by molar-refractivity contribution is -0.144. The second-order valence-corrected chi connectivity index (χ2v) is 7.27. The zero-order valence-electron chi connectivity index (χ0n) is 14.9. The first-order valence-electron chi connectivity index (χ1n) is 9.19. The van der Waals surface area contributed by atoms with Crippen molar-refractivity contribution < 1.29 is 14.1 Å². The number of carbonyl (C=O) groups is 2. The van der Waals surface area contributed by atoms with Crippen molar-refractivity contribution in [2.24, 2.45) is 0 Å². The van der Waals surface area contributed by atoms with Gasteiger partial charge in [0.1, 0.15) is 17.0 Å². The molecule has 0 bridgehead atoms. The van der Waals surface area contributed by atoms with Gasteiger partial charge in [-0.05, 0) is 25.7 Å². The minimum Gasteiger partial charge on any atom is -0.361 e. The highest BCUT2D eigenvalue weighted by Gasteiger charge is 2.50. The van der Waals surface area contributed by atoms with E-state index in [9.17, 15) is 9.59 Å². The summed E-state index contributed by atoms with van der Waals surface area (Å²) in [6.07, 6.45) is 3.85. The number of carbonyl (C=O) groups excluding carboxylic acids is 2. The second kappa shape index (κ2) is 6.59. The highest BCUT2D eigenvalue weighted by Crippen LogP contribution is 2.35. The highest BCUT2D eigenvalue weighted by atomic mass is 16.5. The van der Waals surface area contributed by atoms with Crippen molar-refractivity contribution in [2.45, 2.75) is 50.6 Å². The first kappa shape index (κ1) is 16.8. The second-order valence-electron chi connectivity index (χ2n) is 7.27. The van der Waals surface area contributed by atoms with E-state index in [1.807, 2.05) is 36.4 Å². The van der Waals surface area contributed by atoms with Gasteiger partial charge in [-0.2, -0.15) is 0 Å². The summed E-state index contributed by atoms with van der Waals surface area (Å²) in [7, 11) is 0. The predicted octanol–water partition coefficient (Wildman–Crippen LogP) is 2.54. The topological polar surface area (TPSA) is 75.4 Å². The van der Waals surface area contributed by atoms with Gasteiger partial charge in [0.15, 0.2) is 0 Å². The standard InChI is InChI=1S/C20H23N3O3/c1-14(24)23-11-5-10-20(23,19(25)21-16-8-9-16)13-17-12-18(22-26-17)15-6-3-2-4-7-15/h2-4,6-7,12,16H,5,8-11,13H2,1H3,(H,21,25)/t20-/m0/s1. The van der Waals surface area contributed by atoms with Gasteiger partial charge in [-0.15, -0.1) is 0 Å². The van der Waals surface area contributed by atoms with Crippen LogP contribution in [0, 0.1) is 0 Å². The maximum absolute atomic E-state index is 13.0. The lowest BCUT2D eigenvalue weighted by Gasteiger charge is -2.36. The summed E-state index contributed by atoms with van der Waals surface area (Å²) in [6.45, 7) is 2.13. The quantitative estimate of drug-likeness (QED) is 0.896. The third-order valence-corrected chi connectivity index (χ3v) is 5.30.